The Hall–Kier alpha value is -0.390. The van der Waals surface area contributed by atoms with E-state index in [-0.39, 0.29) is 36.2 Å². The molecule has 0 aromatic heterocycles. The summed E-state index contributed by atoms with van der Waals surface area (Å²) in [5.41, 5.74) is -1.43. The first-order valence-corrected chi connectivity index (χ1v) is 5.49. The Kier molecular flexibility index (Phi) is 6.54. The number of hydrogen-bond acceptors (Lipinski definition) is 4. The molecule has 18 heavy (non-hydrogen) atoms. The number of carboxylic acid groups (broad SMARTS) is 1. The summed E-state index contributed by atoms with van der Waals surface area (Å²) in [6, 6.07) is 8.79. The number of carbonyl (C=O) groups is 1. The average Bonchev–Trinajstić information content (AvgIpc) is 2.29. The van der Waals surface area contributed by atoms with E-state index in [0.717, 1.165) is 0 Å². The Morgan fingerprint density at radius 2 is 1.78 bits per heavy atom. The maximum absolute atomic E-state index is 11.4. The largest absolute Gasteiger partial charge is 1.00 e. The van der Waals surface area contributed by atoms with Crippen molar-refractivity contribution >= 4 is 5.97 Å². The Morgan fingerprint density at radius 1 is 1.28 bits per heavy atom. The minimum Gasteiger partial charge on any atom is -0.548 e. The summed E-state index contributed by atoms with van der Waals surface area (Å²) in [6.07, 6.45) is 0. The molecule has 0 fully saturated rings. The van der Waals surface area contributed by atoms with Crippen LogP contribution in [0.1, 0.15) is 26.3 Å². The molecule has 0 aliphatic rings. The molecule has 94 valence electrons. The fraction of sp³-hybridized carbons (Fsp3) is 0.462. The van der Waals surface area contributed by atoms with E-state index >= 15 is 0 Å². The standard InChI is InChI=1S/C13H19NO3.Na/c1-12(2,9-15)14-13(3,11(16)17)10-7-5-4-6-8-10;/h4-8,14-15H,9H2,1-3H3,(H,16,17);/q;+1/p-1. The van der Waals surface area contributed by atoms with Crippen LogP contribution in [-0.2, 0) is 10.3 Å². The molecular weight excluding hydrogens is 241 g/mol. The van der Waals surface area contributed by atoms with Gasteiger partial charge in [0.25, 0.3) is 0 Å². The number of carbonyl (C=O) groups excluding carboxylic acids is 1. The summed E-state index contributed by atoms with van der Waals surface area (Å²) in [6.45, 7) is 4.84. The minimum absolute atomic E-state index is 0. The van der Waals surface area contributed by atoms with E-state index in [2.05, 4.69) is 5.32 Å². The van der Waals surface area contributed by atoms with Crippen LogP contribution in [-0.4, -0.2) is 23.2 Å². The van der Waals surface area contributed by atoms with Gasteiger partial charge < -0.3 is 15.0 Å². The fourth-order valence-corrected chi connectivity index (χ4v) is 1.73. The number of rotatable bonds is 5. The molecule has 1 aromatic carbocycles. The van der Waals surface area contributed by atoms with Crippen molar-refractivity contribution in [3.05, 3.63) is 35.9 Å². The van der Waals surface area contributed by atoms with Gasteiger partial charge in [-0.1, -0.05) is 30.3 Å². The molecule has 0 radical (unpaired) electrons. The average molecular weight is 259 g/mol. The van der Waals surface area contributed by atoms with E-state index < -0.39 is 17.0 Å². The maximum atomic E-state index is 11.4. The van der Waals surface area contributed by atoms with Gasteiger partial charge in [-0.05, 0) is 26.3 Å². The Balaban J connectivity index is 0.00000289. The Bertz CT molecular complexity index is 394. The zero-order valence-electron chi connectivity index (χ0n) is 11.4. The van der Waals surface area contributed by atoms with Crippen LogP contribution in [0.4, 0.5) is 0 Å². The Labute approximate surface area is 130 Å². The fourth-order valence-electron chi connectivity index (χ4n) is 1.73. The molecule has 0 aliphatic carbocycles. The molecule has 1 atom stereocenters. The summed E-state index contributed by atoms with van der Waals surface area (Å²) in [7, 11) is 0. The molecular formula is C13H18NNaO3. The number of benzene rings is 1. The molecule has 0 heterocycles. The predicted molar refractivity (Wildman–Crippen MR) is 63.1 cm³/mol. The first-order chi connectivity index (χ1) is 7.82. The number of aliphatic hydroxyl groups excluding tert-OH is 1. The van der Waals surface area contributed by atoms with Crippen molar-refractivity contribution in [3.63, 3.8) is 0 Å². The molecule has 1 unspecified atom stereocenters. The van der Waals surface area contributed by atoms with E-state index in [9.17, 15) is 15.0 Å². The number of hydrogen-bond donors (Lipinski definition) is 2. The summed E-state index contributed by atoms with van der Waals surface area (Å²) < 4.78 is 0. The van der Waals surface area contributed by atoms with Gasteiger partial charge in [-0.15, -0.1) is 0 Å². The number of aliphatic hydroxyl groups is 1. The van der Waals surface area contributed by atoms with Crippen LogP contribution >= 0.6 is 0 Å². The van der Waals surface area contributed by atoms with E-state index in [4.69, 9.17) is 0 Å². The summed E-state index contributed by atoms with van der Waals surface area (Å²) in [5.74, 6) is -1.22. The number of carboxylic acids is 1. The molecule has 0 saturated heterocycles. The quantitative estimate of drug-likeness (QED) is 0.553. The minimum atomic E-state index is -1.33. The van der Waals surface area contributed by atoms with E-state index in [1.165, 1.54) is 6.92 Å². The second kappa shape index (κ2) is 6.68. The Morgan fingerprint density at radius 3 is 2.17 bits per heavy atom. The van der Waals surface area contributed by atoms with E-state index in [1.54, 1.807) is 38.1 Å². The molecule has 5 heteroatoms. The van der Waals surface area contributed by atoms with Crippen molar-refractivity contribution in [3.8, 4) is 0 Å². The molecule has 0 amide bonds. The zero-order chi connectivity index (χ0) is 13.1. The maximum Gasteiger partial charge on any atom is 1.00 e. The van der Waals surface area contributed by atoms with Crippen LogP contribution in [0.3, 0.4) is 0 Å². The van der Waals surface area contributed by atoms with Crippen molar-refractivity contribution in [1.82, 2.24) is 5.32 Å². The van der Waals surface area contributed by atoms with Crippen LogP contribution in [0.25, 0.3) is 0 Å². The first-order valence-electron chi connectivity index (χ1n) is 5.49. The van der Waals surface area contributed by atoms with Crippen LogP contribution in [0, 0.1) is 0 Å². The van der Waals surface area contributed by atoms with Crippen LogP contribution in [0.5, 0.6) is 0 Å². The first kappa shape index (κ1) is 17.6. The molecule has 1 rings (SSSR count). The van der Waals surface area contributed by atoms with Gasteiger partial charge in [-0.2, -0.15) is 0 Å². The molecule has 4 nitrogen and oxygen atoms in total. The third kappa shape index (κ3) is 4.07. The van der Waals surface area contributed by atoms with Gasteiger partial charge in [0.05, 0.1) is 18.1 Å². The van der Waals surface area contributed by atoms with Crippen molar-refractivity contribution in [2.75, 3.05) is 6.61 Å². The van der Waals surface area contributed by atoms with Crippen LogP contribution in [0.2, 0.25) is 0 Å². The second-order valence-electron chi connectivity index (χ2n) is 4.95. The molecule has 0 bridgehead atoms. The van der Waals surface area contributed by atoms with Gasteiger partial charge in [0, 0.05) is 5.54 Å². The van der Waals surface area contributed by atoms with Gasteiger partial charge in [0.2, 0.25) is 0 Å². The molecule has 2 N–H and O–H groups in total. The molecule has 1 aromatic rings. The molecule has 0 spiro atoms. The van der Waals surface area contributed by atoms with Crippen molar-refractivity contribution in [1.29, 1.82) is 0 Å². The van der Waals surface area contributed by atoms with Crippen LogP contribution < -0.4 is 40.0 Å². The number of nitrogens with one attached hydrogen (secondary N) is 1. The normalized spacial score (nSPS) is 14.4. The SMILES string of the molecule is CC(C)(CO)NC(C)(C(=O)[O-])c1ccccc1.[Na+]. The number of aliphatic carboxylic acids is 1. The van der Waals surface area contributed by atoms with Gasteiger partial charge in [-0.25, -0.2) is 0 Å². The van der Waals surface area contributed by atoms with Crippen molar-refractivity contribution < 1.29 is 44.6 Å². The second-order valence-corrected chi connectivity index (χ2v) is 4.95. The topological polar surface area (TPSA) is 72.4 Å². The monoisotopic (exact) mass is 259 g/mol. The molecule has 0 saturated carbocycles. The molecule has 0 aliphatic heterocycles. The van der Waals surface area contributed by atoms with E-state index in [0.29, 0.717) is 5.56 Å². The van der Waals surface area contributed by atoms with Gasteiger partial charge in [0.15, 0.2) is 0 Å². The van der Waals surface area contributed by atoms with Gasteiger partial charge >= 0.3 is 29.6 Å². The van der Waals surface area contributed by atoms with Gasteiger partial charge in [-0.3, -0.25) is 5.32 Å². The third-order valence-corrected chi connectivity index (χ3v) is 2.74. The van der Waals surface area contributed by atoms with Crippen molar-refractivity contribution in [2.24, 2.45) is 0 Å². The zero-order valence-corrected chi connectivity index (χ0v) is 13.4. The third-order valence-electron chi connectivity index (χ3n) is 2.74. The van der Waals surface area contributed by atoms with Gasteiger partial charge in [0.1, 0.15) is 0 Å². The smallest absolute Gasteiger partial charge is 0.548 e. The summed E-state index contributed by atoms with van der Waals surface area (Å²) in [4.78, 5) is 11.4. The predicted octanol–water partition coefficient (Wildman–Crippen LogP) is -2.98. The summed E-state index contributed by atoms with van der Waals surface area (Å²) in [5, 5.41) is 23.5. The van der Waals surface area contributed by atoms with E-state index in [1.807, 2.05) is 6.07 Å². The summed E-state index contributed by atoms with van der Waals surface area (Å²) >= 11 is 0. The van der Waals surface area contributed by atoms with Crippen LogP contribution in [0.15, 0.2) is 30.3 Å². The van der Waals surface area contributed by atoms with Crippen molar-refractivity contribution in [2.45, 2.75) is 31.8 Å².